The number of benzene rings is 2. The van der Waals surface area contributed by atoms with E-state index in [0.717, 1.165) is 42.5 Å². The van der Waals surface area contributed by atoms with E-state index < -0.39 is 6.10 Å². The Morgan fingerprint density at radius 1 is 1.10 bits per heavy atom. The number of phenolic OH excluding ortho intramolecular Hbond substituents is 1. The van der Waals surface area contributed by atoms with Crippen LogP contribution in [0.1, 0.15) is 53.3 Å². The van der Waals surface area contributed by atoms with Gasteiger partial charge in [-0.25, -0.2) is 0 Å². The zero-order valence-electron chi connectivity index (χ0n) is 17.3. The first kappa shape index (κ1) is 19.7. The molecule has 2 aliphatic rings. The Morgan fingerprint density at radius 2 is 1.76 bits per heavy atom. The molecule has 4 heteroatoms. The van der Waals surface area contributed by atoms with Crippen LogP contribution in [0, 0.1) is 0 Å². The molecule has 0 saturated heterocycles. The summed E-state index contributed by atoms with van der Waals surface area (Å²) in [6.45, 7) is 8.80. The molecular weight excluding hydrogens is 360 g/mol. The average molecular weight is 391 g/mol. The van der Waals surface area contributed by atoms with Crippen molar-refractivity contribution in [1.82, 2.24) is 5.32 Å². The zero-order chi connectivity index (χ0) is 20.5. The predicted molar refractivity (Wildman–Crippen MR) is 119 cm³/mol. The summed E-state index contributed by atoms with van der Waals surface area (Å²) < 4.78 is 0. The van der Waals surface area contributed by atoms with Crippen LogP contribution in [0.3, 0.4) is 0 Å². The van der Waals surface area contributed by atoms with Crippen molar-refractivity contribution in [1.29, 1.82) is 0 Å². The molecule has 4 rings (SSSR count). The summed E-state index contributed by atoms with van der Waals surface area (Å²) in [4.78, 5) is 0. The van der Waals surface area contributed by atoms with Crippen LogP contribution < -0.4 is 10.6 Å². The van der Waals surface area contributed by atoms with Gasteiger partial charge in [0.2, 0.25) is 0 Å². The third kappa shape index (κ3) is 3.83. The lowest BCUT2D eigenvalue weighted by molar-refractivity contribution is 0.170. The van der Waals surface area contributed by atoms with E-state index in [9.17, 15) is 10.2 Å². The molecule has 0 fully saturated rings. The molecule has 0 radical (unpaired) electrons. The van der Waals surface area contributed by atoms with Crippen molar-refractivity contribution >= 4 is 11.8 Å². The lowest BCUT2D eigenvalue weighted by atomic mass is 9.96. The van der Waals surface area contributed by atoms with Gasteiger partial charge >= 0.3 is 0 Å². The standard InChI is InChI=1S/C25H30N2O2/c1-4-16-10-18-12-20(13-19(18)11-17(16)5-2)26-14-24(29)21-8-9-23(28)25-22(21)7-6-15(3)27-25/h6-11,20,24,26-29H,3-5,12-14H2,1-2H3/t24-/m0/s1. The van der Waals surface area contributed by atoms with Gasteiger partial charge < -0.3 is 20.8 Å². The van der Waals surface area contributed by atoms with Crippen LogP contribution in [0.15, 0.2) is 42.6 Å². The number of rotatable bonds is 6. The van der Waals surface area contributed by atoms with Crippen LogP contribution in [0.25, 0.3) is 6.08 Å². The fourth-order valence-corrected chi connectivity index (χ4v) is 4.58. The van der Waals surface area contributed by atoms with E-state index in [2.05, 4.69) is 43.2 Å². The largest absolute Gasteiger partial charge is 0.506 e. The van der Waals surface area contributed by atoms with Gasteiger partial charge in [0.15, 0.2) is 0 Å². The van der Waals surface area contributed by atoms with Gasteiger partial charge in [-0.15, -0.1) is 0 Å². The van der Waals surface area contributed by atoms with Crippen molar-refractivity contribution in [3.8, 4) is 5.75 Å². The molecular formula is C25H30N2O2. The first-order chi connectivity index (χ1) is 14.0. The van der Waals surface area contributed by atoms with Gasteiger partial charge in [0, 0.05) is 23.8 Å². The monoisotopic (exact) mass is 390 g/mol. The lowest BCUT2D eigenvalue weighted by Gasteiger charge is -2.23. The van der Waals surface area contributed by atoms with E-state index in [1.165, 1.54) is 22.3 Å². The molecule has 29 heavy (non-hydrogen) atoms. The number of fused-ring (bicyclic) bond motifs is 2. The highest BCUT2D eigenvalue weighted by molar-refractivity contribution is 5.81. The SMILES string of the molecule is C=C1C=Cc2c([C@@H](O)CNC3Cc4cc(CC)c(CC)cc4C3)ccc(O)c2N1. The molecule has 0 saturated carbocycles. The van der Waals surface area contributed by atoms with Crippen molar-refractivity contribution in [2.45, 2.75) is 51.7 Å². The van der Waals surface area contributed by atoms with E-state index in [4.69, 9.17) is 0 Å². The Hall–Kier alpha value is -2.56. The third-order valence-electron chi connectivity index (χ3n) is 6.17. The molecule has 4 N–H and O–H groups in total. The van der Waals surface area contributed by atoms with Crippen molar-refractivity contribution in [3.63, 3.8) is 0 Å². The van der Waals surface area contributed by atoms with Crippen LogP contribution in [-0.2, 0) is 25.7 Å². The summed E-state index contributed by atoms with van der Waals surface area (Å²) in [5, 5.41) is 27.6. The number of phenols is 1. The molecule has 1 aliphatic carbocycles. The van der Waals surface area contributed by atoms with Crippen LogP contribution in [0.4, 0.5) is 5.69 Å². The van der Waals surface area contributed by atoms with Crippen molar-refractivity contribution in [3.05, 3.63) is 76.0 Å². The molecule has 0 amide bonds. The first-order valence-corrected chi connectivity index (χ1v) is 10.5. The fraction of sp³-hybridized carbons (Fsp3) is 0.360. The maximum atomic E-state index is 10.8. The molecule has 2 aromatic rings. The maximum absolute atomic E-state index is 10.8. The average Bonchev–Trinajstić information content (AvgIpc) is 3.13. The molecule has 4 nitrogen and oxygen atoms in total. The minimum atomic E-state index is -0.650. The van der Waals surface area contributed by atoms with Crippen LogP contribution in [0.2, 0.25) is 0 Å². The number of hydrogen-bond acceptors (Lipinski definition) is 4. The number of aliphatic hydroxyl groups is 1. The Balaban J connectivity index is 1.45. The number of anilines is 1. The topological polar surface area (TPSA) is 64.5 Å². The third-order valence-corrected chi connectivity index (χ3v) is 6.17. The first-order valence-electron chi connectivity index (χ1n) is 10.5. The molecule has 152 valence electrons. The number of aromatic hydroxyl groups is 1. The maximum Gasteiger partial charge on any atom is 0.139 e. The van der Waals surface area contributed by atoms with Crippen LogP contribution >= 0.6 is 0 Å². The number of aryl methyl sites for hydroxylation is 2. The molecule has 1 atom stereocenters. The second-order valence-corrected chi connectivity index (χ2v) is 8.07. The van der Waals surface area contributed by atoms with Gasteiger partial charge in [-0.05, 0) is 65.6 Å². The van der Waals surface area contributed by atoms with Crippen molar-refractivity contribution < 1.29 is 10.2 Å². The smallest absolute Gasteiger partial charge is 0.139 e. The van der Waals surface area contributed by atoms with Crippen LogP contribution in [-0.4, -0.2) is 22.8 Å². The fourth-order valence-electron chi connectivity index (χ4n) is 4.58. The molecule has 0 spiro atoms. The second kappa shape index (κ2) is 8.05. The van der Waals surface area contributed by atoms with Crippen molar-refractivity contribution in [2.24, 2.45) is 0 Å². The number of hydrogen-bond donors (Lipinski definition) is 4. The normalized spacial score (nSPS) is 16.4. The number of aliphatic hydroxyl groups excluding tert-OH is 1. The highest BCUT2D eigenvalue weighted by atomic mass is 16.3. The summed E-state index contributed by atoms with van der Waals surface area (Å²) in [7, 11) is 0. The lowest BCUT2D eigenvalue weighted by Crippen LogP contribution is -2.33. The van der Waals surface area contributed by atoms with E-state index in [0.29, 0.717) is 18.3 Å². The van der Waals surface area contributed by atoms with Crippen LogP contribution in [0.5, 0.6) is 5.75 Å². The van der Waals surface area contributed by atoms with Gasteiger partial charge in [-0.2, -0.15) is 0 Å². The van der Waals surface area contributed by atoms with E-state index in [1.54, 1.807) is 12.1 Å². The van der Waals surface area contributed by atoms with E-state index in [1.807, 2.05) is 12.2 Å². The van der Waals surface area contributed by atoms with Gasteiger partial charge in [0.1, 0.15) is 5.75 Å². The summed E-state index contributed by atoms with van der Waals surface area (Å²) in [5.74, 6) is 0.166. The highest BCUT2D eigenvalue weighted by Crippen LogP contribution is 2.37. The molecule has 1 aliphatic heterocycles. The highest BCUT2D eigenvalue weighted by Gasteiger charge is 2.24. The van der Waals surface area contributed by atoms with Gasteiger partial charge in [0.05, 0.1) is 11.8 Å². The summed E-state index contributed by atoms with van der Waals surface area (Å²) in [6.07, 6.45) is 7.28. The Kier molecular flexibility index (Phi) is 5.48. The molecule has 2 aromatic carbocycles. The van der Waals surface area contributed by atoms with E-state index in [-0.39, 0.29) is 5.75 Å². The minimum absolute atomic E-state index is 0.166. The molecule has 1 heterocycles. The second-order valence-electron chi connectivity index (χ2n) is 8.07. The Labute approximate surface area is 173 Å². The summed E-state index contributed by atoms with van der Waals surface area (Å²) >= 11 is 0. The summed E-state index contributed by atoms with van der Waals surface area (Å²) in [6, 6.07) is 8.53. The molecule has 0 bridgehead atoms. The van der Waals surface area contributed by atoms with Crippen molar-refractivity contribution in [2.75, 3.05) is 11.9 Å². The quantitative estimate of drug-likeness (QED) is 0.557. The summed E-state index contributed by atoms with van der Waals surface area (Å²) in [5.41, 5.74) is 8.77. The zero-order valence-corrected chi connectivity index (χ0v) is 17.3. The Morgan fingerprint density at radius 3 is 2.38 bits per heavy atom. The number of nitrogens with one attached hydrogen (secondary N) is 2. The van der Waals surface area contributed by atoms with Gasteiger partial charge in [-0.3, -0.25) is 0 Å². The minimum Gasteiger partial charge on any atom is -0.506 e. The van der Waals surface area contributed by atoms with Gasteiger partial charge in [-0.1, -0.05) is 44.7 Å². The Bertz CT molecular complexity index is 944. The predicted octanol–water partition coefficient (Wildman–Crippen LogP) is 4.26. The van der Waals surface area contributed by atoms with Gasteiger partial charge in [0.25, 0.3) is 0 Å². The van der Waals surface area contributed by atoms with E-state index >= 15 is 0 Å². The molecule has 0 aromatic heterocycles. The molecule has 0 unspecified atom stereocenters. The number of allylic oxidation sites excluding steroid dienone is 1.